The molecule has 0 aliphatic heterocycles. The van der Waals surface area contributed by atoms with Crippen LogP contribution in [0.5, 0.6) is 0 Å². The predicted octanol–water partition coefficient (Wildman–Crippen LogP) is 3.92. The lowest BCUT2D eigenvalue weighted by molar-refractivity contribution is -0.858. The van der Waals surface area contributed by atoms with E-state index in [0.717, 1.165) is 0 Å². The molecule has 0 heterocycles. The van der Waals surface area contributed by atoms with Gasteiger partial charge in [-0.15, -0.1) is 0 Å². The molecule has 3 nitrogen and oxygen atoms in total. The highest BCUT2D eigenvalue weighted by Crippen LogP contribution is 2.12. The Hall–Kier alpha value is -0.830. The summed E-state index contributed by atoms with van der Waals surface area (Å²) in [5.41, 5.74) is 0.0648. The topological polar surface area (TPSA) is 44.6 Å². The molecule has 0 spiro atoms. The number of carbonyl (C=O) groups is 1. The molecule has 150 valence electrons. The minimum absolute atomic E-state index is 0.0648. The number of nitrogens with one attached hydrogen (secondary N) is 1. The van der Waals surface area contributed by atoms with Crippen molar-refractivity contribution in [1.82, 2.24) is 0 Å². The number of unbranched alkanes of at least 4 members (excludes halogenated alkanes) is 13. The summed E-state index contributed by atoms with van der Waals surface area (Å²) in [6, 6.07) is 0. The summed E-state index contributed by atoms with van der Waals surface area (Å²) in [7, 11) is 4.50. The molecular weight excluding hydrogens is 310 g/mol. The van der Waals surface area contributed by atoms with Crippen LogP contribution < -0.4 is 10.0 Å². The zero-order chi connectivity index (χ0) is 19.3. The van der Waals surface area contributed by atoms with E-state index < -0.39 is 5.97 Å². The van der Waals surface area contributed by atoms with Crippen LogP contribution in [-0.4, -0.2) is 26.6 Å². The number of rotatable bonds is 16. The van der Waals surface area contributed by atoms with Gasteiger partial charge in [0, 0.05) is 0 Å². The molecule has 1 N–H and O–H groups in total. The number of carboxylic acid groups (broad SMARTS) is 1. The van der Waals surface area contributed by atoms with Crippen LogP contribution in [0.3, 0.4) is 0 Å². The zero-order valence-electron chi connectivity index (χ0n) is 17.6. The van der Waals surface area contributed by atoms with E-state index in [4.69, 9.17) is 0 Å². The number of quaternary nitrogens is 1. The molecule has 0 saturated carbocycles. The Labute approximate surface area is 157 Å². The summed E-state index contributed by atoms with van der Waals surface area (Å²) in [5.74, 6) is -1.19. The van der Waals surface area contributed by atoms with E-state index in [9.17, 15) is 9.90 Å². The molecule has 0 aliphatic rings. The van der Waals surface area contributed by atoms with Crippen LogP contribution in [0.4, 0.5) is 0 Å². The maximum Gasteiger partial charge on any atom is 0.0766 e. The Balaban J connectivity index is 0. The van der Waals surface area contributed by atoms with Crippen LogP contribution in [0.15, 0.2) is 12.2 Å². The predicted molar refractivity (Wildman–Crippen MR) is 108 cm³/mol. The van der Waals surface area contributed by atoms with E-state index in [-0.39, 0.29) is 5.57 Å². The van der Waals surface area contributed by atoms with Crippen molar-refractivity contribution in [2.45, 2.75) is 104 Å². The highest BCUT2D eigenvalue weighted by atomic mass is 16.4. The van der Waals surface area contributed by atoms with E-state index in [1.54, 1.807) is 4.90 Å². The van der Waals surface area contributed by atoms with Crippen LogP contribution in [0.25, 0.3) is 0 Å². The highest BCUT2D eigenvalue weighted by Gasteiger charge is 1.95. The molecule has 0 fully saturated rings. The summed E-state index contributed by atoms with van der Waals surface area (Å²) in [6.07, 6.45) is 20.4. The number of carboxylic acids is 1. The summed E-state index contributed by atoms with van der Waals surface area (Å²) in [4.78, 5) is 11.1. The van der Waals surface area contributed by atoms with Crippen molar-refractivity contribution in [3.63, 3.8) is 0 Å². The van der Waals surface area contributed by atoms with Gasteiger partial charge in [0.25, 0.3) is 0 Å². The standard InChI is InChI=1S/C18H39N.C4H6O2/c1-4-5-6-7-8-9-10-11-12-13-14-15-16-17-18-19(2)3;1-3(2)4(5)6/h4-18H2,1-3H3;1H2,2H3,(H,5,6). The zero-order valence-corrected chi connectivity index (χ0v) is 17.6. The summed E-state index contributed by atoms with van der Waals surface area (Å²) >= 11 is 0. The molecule has 0 aliphatic carbocycles. The average Bonchev–Trinajstić information content (AvgIpc) is 2.55. The van der Waals surface area contributed by atoms with Crippen molar-refractivity contribution in [2.75, 3.05) is 20.6 Å². The Morgan fingerprint density at radius 2 is 1.04 bits per heavy atom. The third kappa shape index (κ3) is 28.3. The van der Waals surface area contributed by atoms with Crippen LogP contribution >= 0.6 is 0 Å². The average molecular weight is 356 g/mol. The lowest BCUT2D eigenvalue weighted by atomic mass is 10.0. The minimum Gasteiger partial charge on any atom is -0.545 e. The van der Waals surface area contributed by atoms with Gasteiger partial charge in [-0.05, 0) is 25.3 Å². The molecule has 3 heteroatoms. The van der Waals surface area contributed by atoms with Crippen molar-refractivity contribution in [3.05, 3.63) is 12.2 Å². The molecule has 25 heavy (non-hydrogen) atoms. The Bertz CT molecular complexity index is 288. The third-order valence-corrected chi connectivity index (χ3v) is 4.38. The van der Waals surface area contributed by atoms with Gasteiger partial charge in [0.1, 0.15) is 0 Å². The molecule has 0 bridgehead atoms. The summed E-state index contributed by atoms with van der Waals surface area (Å²) in [5, 5.41) is 9.49. The Morgan fingerprint density at radius 3 is 1.28 bits per heavy atom. The van der Waals surface area contributed by atoms with Crippen molar-refractivity contribution in [3.8, 4) is 0 Å². The van der Waals surface area contributed by atoms with Crippen molar-refractivity contribution in [1.29, 1.82) is 0 Å². The second-order valence-electron chi connectivity index (χ2n) is 7.62. The molecule has 0 amide bonds. The number of aliphatic carboxylic acids is 1. The van der Waals surface area contributed by atoms with Crippen molar-refractivity contribution < 1.29 is 14.8 Å². The molecule has 0 rings (SSSR count). The molecule has 0 aromatic heterocycles. The minimum atomic E-state index is -1.19. The Morgan fingerprint density at radius 1 is 0.760 bits per heavy atom. The fourth-order valence-electron chi connectivity index (χ4n) is 2.67. The van der Waals surface area contributed by atoms with E-state index >= 15 is 0 Å². The number of hydrogen-bond acceptors (Lipinski definition) is 2. The first-order valence-corrected chi connectivity index (χ1v) is 10.6. The van der Waals surface area contributed by atoms with Gasteiger partial charge in [-0.2, -0.15) is 0 Å². The van der Waals surface area contributed by atoms with Gasteiger partial charge in [0.2, 0.25) is 0 Å². The molecule has 0 aromatic carbocycles. The van der Waals surface area contributed by atoms with Gasteiger partial charge in [-0.1, -0.05) is 90.6 Å². The third-order valence-electron chi connectivity index (χ3n) is 4.38. The molecule has 0 saturated heterocycles. The molecule has 0 aromatic rings. The molecule has 0 atom stereocenters. The first-order valence-electron chi connectivity index (χ1n) is 10.6. The maximum absolute atomic E-state index is 9.49. The van der Waals surface area contributed by atoms with Crippen LogP contribution in [0, 0.1) is 0 Å². The van der Waals surface area contributed by atoms with Crippen molar-refractivity contribution in [2.24, 2.45) is 0 Å². The fourth-order valence-corrected chi connectivity index (χ4v) is 2.67. The van der Waals surface area contributed by atoms with Crippen molar-refractivity contribution >= 4 is 5.97 Å². The second kappa shape index (κ2) is 21.2. The number of hydrogen-bond donors (Lipinski definition) is 1. The van der Waals surface area contributed by atoms with E-state index in [1.165, 1.54) is 103 Å². The van der Waals surface area contributed by atoms with Crippen LogP contribution in [0.1, 0.15) is 104 Å². The largest absolute Gasteiger partial charge is 0.545 e. The smallest absolute Gasteiger partial charge is 0.0766 e. The molecule has 0 radical (unpaired) electrons. The van der Waals surface area contributed by atoms with E-state index in [1.807, 2.05) is 0 Å². The normalized spacial score (nSPS) is 10.4. The van der Waals surface area contributed by atoms with E-state index in [0.29, 0.717) is 0 Å². The SMILES string of the molecule is C=C(C)C(=O)[O-].CCCCCCCCCCCCCCCC[NH+](C)C. The monoisotopic (exact) mass is 355 g/mol. The Kier molecular flexibility index (Phi) is 22.4. The first-order chi connectivity index (χ1) is 11.9. The lowest BCUT2D eigenvalue weighted by Crippen LogP contribution is -3.05. The first kappa shape index (κ1) is 26.4. The van der Waals surface area contributed by atoms with Gasteiger partial charge < -0.3 is 14.8 Å². The van der Waals surface area contributed by atoms with E-state index in [2.05, 4.69) is 27.6 Å². The van der Waals surface area contributed by atoms with Gasteiger partial charge in [0.05, 0.1) is 26.6 Å². The quantitative estimate of drug-likeness (QED) is 0.337. The molecular formula is C22H45NO2. The van der Waals surface area contributed by atoms with Gasteiger partial charge in [-0.3, -0.25) is 0 Å². The van der Waals surface area contributed by atoms with Crippen LogP contribution in [0.2, 0.25) is 0 Å². The van der Waals surface area contributed by atoms with Gasteiger partial charge >= 0.3 is 0 Å². The van der Waals surface area contributed by atoms with Gasteiger partial charge in [0.15, 0.2) is 0 Å². The number of carbonyl (C=O) groups excluding carboxylic acids is 1. The summed E-state index contributed by atoms with van der Waals surface area (Å²) < 4.78 is 0. The maximum atomic E-state index is 9.49. The van der Waals surface area contributed by atoms with Crippen LogP contribution in [-0.2, 0) is 4.79 Å². The second-order valence-corrected chi connectivity index (χ2v) is 7.62. The van der Waals surface area contributed by atoms with Gasteiger partial charge in [-0.25, -0.2) is 0 Å². The fraction of sp³-hybridized carbons (Fsp3) is 0.864. The lowest BCUT2D eigenvalue weighted by Gasteiger charge is -2.06. The molecule has 0 unspecified atom stereocenters. The highest BCUT2D eigenvalue weighted by molar-refractivity contribution is 5.82. The summed E-state index contributed by atoms with van der Waals surface area (Å²) in [6.45, 7) is 8.12.